The molecule has 0 bridgehead atoms. The highest BCUT2D eigenvalue weighted by atomic mass is 32.2. The van der Waals surface area contributed by atoms with E-state index in [2.05, 4.69) is 15.4 Å². The molecule has 1 aliphatic rings. The molecule has 8 nitrogen and oxygen atoms in total. The Bertz CT molecular complexity index is 1790. The molecule has 0 saturated heterocycles. The number of carbonyl (C=O) groups is 1. The van der Waals surface area contributed by atoms with E-state index in [-0.39, 0.29) is 24.8 Å². The molecule has 38 heavy (non-hydrogen) atoms. The van der Waals surface area contributed by atoms with Crippen molar-refractivity contribution < 1.29 is 13.4 Å². The van der Waals surface area contributed by atoms with Gasteiger partial charge in [-0.1, -0.05) is 18.2 Å². The predicted octanol–water partition coefficient (Wildman–Crippen LogP) is 4.61. The number of nitrogens with zero attached hydrogens (tertiary/aromatic N) is 4. The molecule has 0 radical (unpaired) electrons. The van der Waals surface area contributed by atoms with E-state index in [1.807, 2.05) is 39.6 Å². The van der Waals surface area contributed by atoms with Gasteiger partial charge in [-0.2, -0.15) is 5.10 Å². The number of hydrogen-bond donors (Lipinski definition) is 2. The summed E-state index contributed by atoms with van der Waals surface area (Å²) >= 11 is 0. The van der Waals surface area contributed by atoms with Crippen LogP contribution in [0.1, 0.15) is 11.3 Å². The summed E-state index contributed by atoms with van der Waals surface area (Å²) in [5.41, 5.74) is 6.18. The third-order valence-corrected chi connectivity index (χ3v) is 8.07. The number of aromatic nitrogens is 4. The molecule has 10 heteroatoms. The second-order valence-electron chi connectivity index (χ2n) is 9.45. The molecular weight excluding hydrogens is 503 g/mol. The van der Waals surface area contributed by atoms with Gasteiger partial charge in [0, 0.05) is 46.6 Å². The van der Waals surface area contributed by atoms with Gasteiger partial charge in [0.05, 0.1) is 33.4 Å². The molecule has 6 rings (SSSR count). The molecule has 2 aromatic carbocycles. The highest BCUT2D eigenvalue weighted by Gasteiger charge is 2.26. The predicted molar refractivity (Wildman–Crippen MR) is 143 cm³/mol. The Labute approximate surface area is 219 Å². The van der Waals surface area contributed by atoms with Crippen molar-refractivity contribution in [1.29, 1.82) is 4.78 Å². The van der Waals surface area contributed by atoms with Crippen LogP contribution in [0.4, 0.5) is 4.39 Å². The maximum absolute atomic E-state index is 14.1. The maximum Gasteiger partial charge on any atom is 0.240 e. The molecule has 0 aliphatic carbocycles. The van der Waals surface area contributed by atoms with Crippen molar-refractivity contribution in [3.63, 3.8) is 0 Å². The Morgan fingerprint density at radius 3 is 2.63 bits per heavy atom. The molecule has 192 valence electrons. The van der Waals surface area contributed by atoms with Crippen molar-refractivity contribution >= 4 is 26.5 Å². The lowest BCUT2D eigenvalue weighted by Gasteiger charge is -2.18. The van der Waals surface area contributed by atoms with Crippen LogP contribution < -0.4 is 5.32 Å². The Hall–Kier alpha value is -4.31. The van der Waals surface area contributed by atoms with Crippen molar-refractivity contribution in [2.45, 2.75) is 31.0 Å². The van der Waals surface area contributed by atoms with Crippen molar-refractivity contribution in [3.8, 4) is 22.5 Å². The lowest BCUT2D eigenvalue weighted by atomic mass is 10.0. The first-order valence-electron chi connectivity index (χ1n) is 12.2. The Morgan fingerprint density at radius 2 is 1.89 bits per heavy atom. The van der Waals surface area contributed by atoms with Gasteiger partial charge < -0.3 is 9.88 Å². The molecule has 2 N–H and O–H groups in total. The Morgan fingerprint density at radius 1 is 1.11 bits per heavy atom. The number of rotatable bonds is 6. The molecule has 3 aromatic heterocycles. The Balaban J connectivity index is 1.19. The number of benzene rings is 2. The van der Waals surface area contributed by atoms with Crippen LogP contribution in [0.5, 0.6) is 0 Å². The second-order valence-corrected chi connectivity index (χ2v) is 11.6. The van der Waals surface area contributed by atoms with E-state index < -0.39 is 9.73 Å². The van der Waals surface area contributed by atoms with Crippen LogP contribution >= 0.6 is 0 Å². The molecule has 5 aromatic rings. The summed E-state index contributed by atoms with van der Waals surface area (Å²) in [5.74, 6) is -0.474. The number of aryl methyl sites for hydroxylation is 2. The van der Waals surface area contributed by atoms with Crippen molar-refractivity contribution in [2.75, 3.05) is 6.26 Å². The number of carbonyl (C=O) groups excluding carboxylic acids is 1. The topological polar surface area (TPSA) is 106 Å². The fourth-order valence-electron chi connectivity index (χ4n) is 5.03. The summed E-state index contributed by atoms with van der Waals surface area (Å²) in [6, 6.07) is 17.4. The van der Waals surface area contributed by atoms with Crippen molar-refractivity contribution in [3.05, 3.63) is 90.1 Å². The van der Waals surface area contributed by atoms with Gasteiger partial charge in [-0.05, 0) is 60.0 Å². The minimum absolute atomic E-state index is 0.0870. The van der Waals surface area contributed by atoms with Crippen molar-refractivity contribution in [1.82, 2.24) is 24.6 Å². The van der Waals surface area contributed by atoms with Gasteiger partial charge in [0.15, 0.2) is 0 Å². The molecule has 1 atom stereocenters. The highest BCUT2D eigenvalue weighted by Crippen LogP contribution is 2.37. The van der Waals surface area contributed by atoms with E-state index >= 15 is 0 Å². The quantitative estimate of drug-likeness (QED) is 0.336. The van der Waals surface area contributed by atoms with Gasteiger partial charge >= 0.3 is 0 Å². The lowest BCUT2D eigenvalue weighted by molar-refractivity contribution is -0.121. The summed E-state index contributed by atoms with van der Waals surface area (Å²) in [4.78, 5) is 18.0. The van der Waals surface area contributed by atoms with Gasteiger partial charge in [0.2, 0.25) is 5.91 Å². The zero-order valence-electron chi connectivity index (χ0n) is 20.6. The van der Waals surface area contributed by atoms with Crippen LogP contribution in [-0.4, -0.2) is 35.7 Å². The maximum atomic E-state index is 14.1. The molecule has 1 amide bonds. The van der Waals surface area contributed by atoms with Gasteiger partial charge in [-0.3, -0.25) is 14.5 Å². The molecule has 4 heterocycles. The van der Waals surface area contributed by atoms with Crippen LogP contribution in [0.2, 0.25) is 0 Å². The number of pyridine rings is 1. The molecule has 1 aliphatic heterocycles. The van der Waals surface area contributed by atoms with Gasteiger partial charge in [-0.25, -0.2) is 13.4 Å². The third kappa shape index (κ3) is 4.37. The van der Waals surface area contributed by atoms with Crippen LogP contribution in [0.3, 0.4) is 0 Å². The SMILES string of the molecule is CS(=N)(=O)c1ccc(-c2ccc(CNC(=O)Cn3c4c(c5cc(F)ccc53)CCn3nccc3-4)nc2)cc1. The third-order valence-electron chi connectivity index (χ3n) is 6.89. The van der Waals surface area contributed by atoms with Crippen LogP contribution in [0, 0.1) is 10.6 Å². The monoisotopic (exact) mass is 528 g/mol. The standard InChI is InChI=1S/C28H25FN6O2S/c1-38(30,37)22-7-3-18(4-8-22)19-2-6-21(31-15-19)16-32-27(36)17-34-25-9-5-20(29)14-24(25)23-11-13-35-26(28(23)34)10-12-33-35/h2-10,12,14-15,30H,11,13,16-17H2,1H3,(H,32,36). The van der Waals surface area contributed by atoms with E-state index in [1.165, 1.54) is 12.3 Å². The summed E-state index contributed by atoms with van der Waals surface area (Å²) in [6.45, 7) is 1.07. The largest absolute Gasteiger partial charge is 0.349 e. The molecule has 0 saturated carbocycles. The zero-order chi connectivity index (χ0) is 26.4. The van der Waals surface area contributed by atoms with Crippen LogP contribution in [0.15, 0.2) is 78.0 Å². The van der Waals surface area contributed by atoms with Crippen LogP contribution in [0.25, 0.3) is 33.4 Å². The van der Waals surface area contributed by atoms with Gasteiger partial charge in [0.1, 0.15) is 12.4 Å². The number of hydrogen-bond acceptors (Lipinski definition) is 5. The Kier molecular flexibility index (Phi) is 5.83. The van der Waals surface area contributed by atoms with E-state index in [0.717, 1.165) is 45.4 Å². The van der Waals surface area contributed by atoms with Gasteiger partial charge in [-0.15, -0.1) is 0 Å². The van der Waals surface area contributed by atoms with Gasteiger partial charge in [0.25, 0.3) is 0 Å². The fourth-order valence-corrected chi connectivity index (χ4v) is 5.69. The summed E-state index contributed by atoms with van der Waals surface area (Å²) in [6.07, 6.45) is 5.59. The zero-order valence-corrected chi connectivity index (χ0v) is 21.5. The molecule has 0 spiro atoms. The number of halogens is 1. The smallest absolute Gasteiger partial charge is 0.240 e. The molecule has 1 unspecified atom stereocenters. The second kappa shape index (κ2) is 9.21. The average Bonchev–Trinajstić information content (AvgIpc) is 3.50. The number of nitrogens with one attached hydrogen (secondary N) is 2. The molecule has 0 fully saturated rings. The molecular formula is C28H25FN6O2S. The van der Waals surface area contributed by atoms with Crippen LogP contribution in [-0.2, 0) is 40.6 Å². The average molecular weight is 529 g/mol. The summed E-state index contributed by atoms with van der Waals surface area (Å²) in [5, 5.41) is 8.16. The minimum atomic E-state index is -2.75. The van der Waals surface area contributed by atoms with E-state index in [4.69, 9.17) is 4.78 Å². The first-order valence-corrected chi connectivity index (χ1v) is 14.1. The summed E-state index contributed by atoms with van der Waals surface area (Å²) in [7, 11) is -2.75. The lowest BCUT2D eigenvalue weighted by Crippen LogP contribution is -2.28. The highest BCUT2D eigenvalue weighted by molar-refractivity contribution is 7.91. The van der Waals surface area contributed by atoms with E-state index in [9.17, 15) is 13.4 Å². The minimum Gasteiger partial charge on any atom is -0.349 e. The van der Waals surface area contributed by atoms with Crippen molar-refractivity contribution in [2.24, 2.45) is 0 Å². The summed E-state index contributed by atoms with van der Waals surface area (Å²) < 4.78 is 37.5. The van der Waals surface area contributed by atoms with E-state index in [0.29, 0.717) is 17.1 Å². The first kappa shape index (κ1) is 24.1. The normalized spacial score (nSPS) is 14.1. The number of fused-ring (bicyclic) bond motifs is 5. The van der Waals surface area contributed by atoms with E-state index in [1.54, 1.807) is 36.7 Å². The fraction of sp³-hybridized carbons (Fsp3) is 0.179. The number of amides is 1. The first-order chi connectivity index (χ1) is 18.3.